The predicted molar refractivity (Wildman–Crippen MR) is 71.5 cm³/mol. The fraction of sp³-hybridized carbons (Fsp3) is 0.357. The Bertz CT molecular complexity index is 590. The van der Waals surface area contributed by atoms with Crippen LogP contribution in [-0.4, -0.2) is 15.0 Å². The maximum atomic E-state index is 11.6. The molecule has 0 amide bonds. The van der Waals surface area contributed by atoms with E-state index in [1.54, 1.807) is 12.3 Å². The minimum atomic E-state index is -0.0951. The molecule has 4 nitrogen and oxygen atoms in total. The average Bonchev–Trinajstić information content (AvgIpc) is 2.38. The number of nitrogens with zero attached hydrogens (tertiary/aromatic N) is 2. The monoisotopic (exact) mass is 243 g/mol. The first-order chi connectivity index (χ1) is 8.74. The highest BCUT2D eigenvalue weighted by Gasteiger charge is 2.07. The van der Waals surface area contributed by atoms with Crippen LogP contribution in [0.15, 0.2) is 29.3 Å². The molecule has 0 atom stereocenters. The number of pyridine rings is 1. The third-order valence-electron chi connectivity index (χ3n) is 2.84. The van der Waals surface area contributed by atoms with Gasteiger partial charge in [-0.15, -0.1) is 0 Å². The maximum absolute atomic E-state index is 11.6. The lowest BCUT2D eigenvalue weighted by Gasteiger charge is -2.07. The number of hydrogen-bond acceptors (Lipinski definition) is 3. The third-order valence-corrected chi connectivity index (χ3v) is 2.84. The fourth-order valence-corrected chi connectivity index (χ4v) is 1.96. The number of nitrogens with one attached hydrogen (secondary N) is 1. The van der Waals surface area contributed by atoms with Crippen LogP contribution in [0.25, 0.3) is 11.4 Å². The van der Waals surface area contributed by atoms with Crippen molar-refractivity contribution in [1.82, 2.24) is 15.0 Å². The van der Waals surface area contributed by atoms with Crippen LogP contribution >= 0.6 is 0 Å². The van der Waals surface area contributed by atoms with E-state index in [0.717, 1.165) is 36.1 Å². The Kier molecular flexibility index (Phi) is 3.87. The summed E-state index contributed by atoms with van der Waals surface area (Å²) in [6.45, 7) is 4.14. The highest BCUT2D eigenvalue weighted by molar-refractivity contribution is 5.59. The molecule has 0 saturated carbocycles. The maximum Gasteiger partial charge on any atom is 0.251 e. The number of hydrogen-bond donors (Lipinski definition) is 1. The Morgan fingerprint density at radius 3 is 2.89 bits per heavy atom. The van der Waals surface area contributed by atoms with Crippen molar-refractivity contribution >= 4 is 0 Å². The molecular weight excluding hydrogens is 226 g/mol. The summed E-state index contributed by atoms with van der Waals surface area (Å²) in [5.41, 5.74) is 2.80. The summed E-state index contributed by atoms with van der Waals surface area (Å²) in [5, 5.41) is 0. The number of H-pyrrole nitrogens is 1. The zero-order valence-electron chi connectivity index (χ0n) is 10.7. The van der Waals surface area contributed by atoms with Gasteiger partial charge in [-0.3, -0.25) is 9.78 Å². The number of aryl methyl sites for hydroxylation is 2. The van der Waals surface area contributed by atoms with E-state index in [9.17, 15) is 4.79 Å². The molecule has 0 unspecified atom stereocenters. The minimum absolute atomic E-state index is 0.0951. The van der Waals surface area contributed by atoms with Crippen LogP contribution in [0, 0.1) is 0 Å². The smallest absolute Gasteiger partial charge is 0.251 e. The molecule has 0 radical (unpaired) electrons. The molecular formula is C14H17N3O. The zero-order valence-corrected chi connectivity index (χ0v) is 10.7. The standard InChI is InChI=1S/C14H17N3O/c1-3-5-11-8-13(18)17-14(16-11)12-6-7-15-9-10(12)4-2/h6-9H,3-5H2,1-2H3,(H,16,17,18). The van der Waals surface area contributed by atoms with Gasteiger partial charge in [0.15, 0.2) is 0 Å². The molecule has 2 aromatic rings. The van der Waals surface area contributed by atoms with Gasteiger partial charge in [0, 0.05) is 29.7 Å². The summed E-state index contributed by atoms with van der Waals surface area (Å²) in [6.07, 6.45) is 6.21. The van der Waals surface area contributed by atoms with Crippen molar-refractivity contribution in [3.05, 3.63) is 46.1 Å². The molecule has 2 rings (SSSR count). The predicted octanol–water partition coefficient (Wildman–Crippen LogP) is 2.35. The fourth-order valence-electron chi connectivity index (χ4n) is 1.96. The first-order valence-corrected chi connectivity index (χ1v) is 6.28. The number of rotatable bonds is 4. The number of aromatic nitrogens is 3. The van der Waals surface area contributed by atoms with E-state index in [-0.39, 0.29) is 5.56 Å². The Morgan fingerprint density at radius 1 is 1.33 bits per heavy atom. The molecule has 1 N–H and O–H groups in total. The first-order valence-electron chi connectivity index (χ1n) is 6.28. The normalized spacial score (nSPS) is 10.6. The van der Waals surface area contributed by atoms with Crippen LogP contribution in [0.4, 0.5) is 0 Å². The Morgan fingerprint density at radius 2 is 2.17 bits per heavy atom. The lowest BCUT2D eigenvalue weighted by Crippen LogP contribution is -2.11. The minimum Gasteiger partial charge on any atom is -0.307 e. The van der Waals surface area contributed by atoms with E-state index in [2.05, 4.69) is 28.8 Å². The van der Waals surface area contributed by atoms with Crippen molar-refractivity contribution in [2.75, 3.05) is 0 Å². The van der Waals surface area contributed by atoms with Gasteiger partial charge in [0.25, 0.3) is 5.56 Å². The molecule has 2 heterocycles. The summed E-state index contributed by atoms with van der Waals surface area (Å²) >= 11 is 0. The van der Waals surface area contributed by atoms with E-state index in [0.29, 0.717) is 5.82 Å². The molecule has 18 heavy (non-hydrogen) atoms. The molecule has 94 valence electrons. The summed E-state index contributed by atoms with van der Waals surface area (Å²) in [4.78, 5) is 23.1. The van der Waals surface area contributed by atoms with Gasteiger partial charge < -0.3 is 4.98 Å². The van der Waals surface area contributed by atoms with Gasteiger partial charge in [-0.2, -0.15) is 0 Å². The highest BCUT2D eigenvalue weighted by Crippen LogP contribution is 2.18. The van der Waals surface area contributed by atoms with Gasteiger partial charge in [-0.1, -0.05) is 20.3 Å². The van der Waals surface area contributed by atoms with Crippen LogP contribution in [-0.2, 0) is 12.8 Å². The van der Waals surface area contributed by atoms with E-state index >= 15 is 0 Å². The first kappa shape index (κ1) is 12.5. The molecule has 0 fully saturated rings. The largest absolute Gasteiger partial charge is 0.307 e. The molecule has 0 aliphatic carbocycles. The van der Waals surface area contributed by atoms with Crippen LogP contribution in [0.5, 0.6) is 0 Å². The van der Waals surface area contributed by atoms with Crippen molar-refractivity contribution in [3.63, 3.8) is 0 Å². The second kappa shape index (κ2) is 5.58. The topological polar surface area (TPSA) is 58.6 Å². The van der Waals surface area contributed by atoms with E-state index in [1.807, 2.05) is 12.3 Å². The molecule has 0 aromatic carbocycles. The van der Waals surface area contributed by atoms with Crippen molar-refractivity contribution in [2.45, 2.75) is 33.1 Å². The van der Waals surface area contributed by atoms with Crippen LogP contribution in [0.1, 0.15) is 31.5 Å². The van der Waals surface area contributed by atoms with E-state index in [4.69, 9.17) is 0 Å². The zero-order chi connectivity index (χ0) is 13.0. The SMILES string of the molecule is CCCc1cc(=O)[nH]c(-c2ccncc2CC)n1. The van der Waals surface area contributed by atoms with E-state index < -0.39 is 0 Å². The Labute approximate surface area is 106 Å². The quantitative estimate of drug-likeness (QED) is 0.896. The lowest BCUT2D eigenvalue weighted by atomic mass is 10.1. The van der Waals surface area contributed by atoms with Crippen molar-refractivity contribution in [1.29, 1.82) is 0 Å². The van der Waals surface area contributed by atoms with Crippen molar-refractivity contribution in [3.8, 4) is 11.4 Å². The van der Waals surface area contributed by atoms with Gasteiger partial charge in [0.05, 0.1) is 0 Å². The second-order valence-electron chi connectivity index (χ2n) is 4.22. The summed E-state index contributed by atoms with van der Waals surface area (Å²) in [6, 6.07) is 3.46. The molecule has 0 bridgehead atoms. The van der Waals surface area contributed by atoms with Gasteiger partial charge >= 0.3 is 0 Å². The lowest BCUT2D eigenvalue weighted by molar-refractivity contribution is 0.868. The van der Waals surface area contributed by atoms with Crippen molar-refractivity contribution < 1.29 is 0 Å². The third kappa shape index (κ3) is 2.64. The molecule has 4 heteroatoms. The van der Waals surface area contributed by atoms with Crippen LogP contribution < -0.4 is 5.56 Å². The van der Waals surface area contributed by atoms with Crippen LogP contribution in [0.2, 0.25) is 0 Å². The van der Waals surface area contributed by atoms with Gasteiger partial charge in [0.2, 0.25) is 0 Å². The Hall–Kier alpha value is -1.97. The highest BCUT2D eigenvalue weighted by atomic mass is 16.1. The average molecular weight is 243 g/mol. The van der Waals surface area contributed by atoms with Gasteiger partial charge in [-0.05, 0) is 24.5 Å². The van der Waals surface area contributed by atoms with E-state index in [1.165, 1.54) is 0 Å². The second-order valence-corrected chi connectivity index (χ2v) is 4.22. The molecule has 0 aliphatic heterocycles. The molecule has 0 saturated heterocycles. The summed E-state index contributed by atoms with van der Waals surface area (Å²) < 4.78 is 0. The van der Waals surface area contributed by atoms with Crippen LogP contribution in [0.3, 0.4) is 0 Å². The number of aromatic amines is 1. The summed E-state index contributed by atoms with van der Waals surface area (Å²) in [7, 11) is 0. The Balaban J connectivity index is 2.53. The molecule has 0 aliphatic rings. The van der Waals surface area contributed by atoms with Crippen molar-refractivity contribution in [2.24, 2.45) is 0 Å². The molecule has 0 spiro atoms. The van der Waals surface area contributed by atoms with Gasteiger partial charge in [0.1, 0.15) is 5.82 Å². The van der Waals surface area contributed by atoms with Gasteiger partial charge in [-0.25, -0.2) is 4.98 Å². The summed E-state index contributed by atoms with van der Waals surface area (Å²) in [5.74, 6) is 0.644. The molecule has 2 aromatic heterocycles.